The summed E-state index contributed by atoms with van der Waals surface area (Å²) in [6.07, 6.45) is 0. The summed E-state index contributed by atoms with van der Waals surface area (Å²) < 4.78 is 15.9. The van der Waals surface area contributed by atoms with Crippen LogP contribution in [0.4, 0.5) is 5.69 Å². The van der Waals surface area contributed by atoms with Gasteiger partial charge in [-0.25, -0.2) is 0 Å². The molecule has 2 aromatic rings. The molecule has 0 aromatic heterocycles. The minimum absolute atomic E-state index is 0.00396. The van der Waals surface area contributed by atoms with Crippen LogP contribution in [0.5, 0.6) is 17.2 Å². The molecule has 0 fully saturated rings. The molecule has 0 heterocycles. The maximum atomic E-state index is 10.7. The Balaban J connectivity index is 2.12. The predicted molar refractivity (Wildman–Crippen MR) is 77.0 cm³/mol. The van der Waals surface area contributed by atoms with Gasteiger partial charge in [-0.2, -0.15) is 0 Å². The van der Waals surface area contributed by atoms with Crippen LogP contribution in [0.2, 0.25) is 0 Å². The fourth-order valence-corrected chi connectivity index (χ4v) is 1.80. The molecule has 0 unspecified atom stereocenters. The Morgan fingerprint density at radius 3 is 2.24 bits per heavy atom. The Labute approximate surface area is 122 Å². The predicted octanol–water partition coefficient (Wildman–Crippen LogP) is 3.19. The van der Waals surface area contributed by atoms with Crippen LogP contribution in [0.1, 0.15) is 5.56 Å². The lowest BCUT2D eigenvalue weighted by Gasteiger charge is -2.10. The summed E-state index contributed by atoms with van der Waals surface area (Å²) in [5.74, 6) is 1.75. The van der Waals surface area contributed by atoms with Crippen molar-refractivity contribution < 1.29 is 19.1 Å². The average Bonchev–Trinajstić information content (AvgIpc) is 2.52. The summed E-state index contributed by atoms with van der Waals surface area (Å²) in [7, 11) is 3.14. The highest BCUT2D eigenvalue weighted by Gasteiger charge is 2.07. The Kier molecular flexibility index (Phi) is 4.61. The molecule has 110 valence electrons. The smallest absolute Gasteiger partial charge is 0.273 e. The van der Waals surface area contributed by atoms with Crippen LogP contribution >= 0.6 is 0 Å². The quantitative estimate of drug-likeness (QED) is 0.603. The number of nitro benzene ring substituents is 1. The van der Waals surface area contributed by atoms with E-state index in [2.05, 4.69) is 0 Å². The van der Waals surface area contributed by atoms with Crippen LogP contribution in [0.15, 0.2) is 42.5 Å². The highest BCUT2D eigenvalue weighted by molar-refractivity contribution is 5.40. The molecule has 0 saturated heterocycles. The molecular weight excluding hydrogens is 274 g/mol. The second-order valence-electron chi connectivity index (χ2n) is 4.26. The lowest BCUT2D eigenvalue weighted by molar-refractivity contribution is -0.384. The Hall–Kier alpha value is -2.76. The molecule has 0 bridgehead atoms. The van der Waals surface area contributed by atoms with Gasteiger partial charge >= 0.3 is 0 Å². The van der Waals surface area contributed by atoms with Gasteiger partial charge in [0, 0.05) is 12.1 Å². The van der Waals surface area contributed by atoms with E-state index in [9.17, 15) is 10.1 Å². The van der Waals surface area contributed by atoms with Crippen molar-refractivity contribution in [1.82, 2.24) is 0 Å². The molecule has 0 saturated carbocycles. The molecule has 0 aliphatic heterocycles. The highest BCUT2D eigenvalue weighted by Crippen LogP contribution is 2.24. The van der Waals surface area contributed by atoms with E-state index in [4.69, 9.17) is 14.2 Å². The number of hydrogen-bond acceptors (Lipinski definition) is 5. The van der Waals surface area contributed by atoms with Crippen LogP contribution in [0.25, 0.3) is 0 Å². The number of nitro groups is 1. The van der Waals surface area contributed by atoms with Gasteiger partial charge in [0.25, 0.3) is 5.69 Å². The molecule has 2 rings (SSSR count). The van der Waals surface area contributed by atoms with Crippen LogP contribution in [0, 0.1) is 10.1 Å². The van der Waals surface area contributed by atoms with E-state index in [0.29, 0.717) is 17.2 Å². The standard InChI is InChI=1S/C15H15NO5/c1-19-14-6-11(7-15(9-14)20-2)10-21-13-5-3-4-12(8-13)16(17)18/h3-9H,10H2,1-2H3. The van der Waals surface area contributed by atoms with Crippen LogP contribution in [-0.2, 0) is 6.61 Å². The molecule has 0 aliphatic carbocycles. The number of non-ortho nitro benzene ring substituents is 1. The first kappa shape index (κ1) is 14.6. The lowest BCUT2D eigenvalue weighted by atomic mass is 10.2. The van der Waals surface area contributed by atoms with Crippen molar-refractivity contribution in [3.8, 4) is 17.2 Å². The van der Waals surface area contributed by atoms with E-state index in [1.54, 1.807) is 32.4 Å². The van der Waals surface area contributed by atoms with Crippen molar-refractivity contribution in [2.24, 2.45) is 0 Å². The van der Waals surface area contributed by atoms with E-state index >= 15 is 0 Å². The number of hydrogen-bond donors (Lipinski definition) is 0. The van der Waals surface area contributed by atoms with Gasteiger partial charge in [0.2, 0.25) is 0 Å². The number of rotatable bonds is 6. The van der Waals surface area contributed by atoms with Gasteiger partial charge in [-0.1, -0.05) is 6.07 Å². The zero-order valence-corrected chi connectivity index (χ0v) is 11.7. The Bertz CT molecular complexity index is 619. The molecule has 0 spiro atoms. The lowest BCUT2D eigenvalue weighted by Crippen LogP contribution is -1.98. The number of methoxy groups -OCH3 is 2. The van der Waals surface area contributed by atoms with Crippen molar-refractivity contribution in [2.75, 3.05) is 14.2 Å². The summed E-state index contributed by atoms with van der Waals surface area (Å²) in [5, 5.41) is 10.7. The van der Waals surface area contributed by atoms with Crippen molar-refractivity contribution in [2.45, 2.75) is 6.61 Å². The SMILES string of the molecule is COc1cc(COc2cccc([N+](=O)[O-])c2)cc(OC)c1. The van der Waals surface area contributed by atoms with E-state index in [1.165, 1.54) is 12.1 Å². The minimum atomic E-state index is -0.457. The highest BCUT2D eigenvalue weighted by atomic mass is 16.6. The first-order valence-electron chi connectivity index (χ1n) is 6.21. The summed E-state index contributed by atoms with van der Waals surface area (Å²) in [5.41, 5.74) is 0.841. The van der Waals surface area contributed by atoms with Gasteiger partial charge in [-0.05, 0) is 23.8 Å². The number of benzene rings is 2. The second-order valence-corrected chi connectivity index (χ2v) is 4.26. The van der Waals surface area contributed by atoms with Gasteiger partial charge in [-0.3, -0.25) is 10.1 Å². The van der Waals surface area contributed by atoms with E-state index in [1.807, 2.05) is 12.1 Å². The Morgan fingerprint density at radius 1 is 1.00 bits per heavy atom. The summed E-state index contributed by atoms with van der Waals surface area (Å²) in [4.78, 5) is 10.3. The van der Waals surface area contributed by atoms with Crippen LogP contribution in [0.3, 0.4) is 0 Å². The van der Waals surface area contributed by atoms with Gasteiger partial charge in [-0.15, -0.1) is 0 Å². The summed E-state index contributed by atoms with van der Waals surface area (Å²) in [6, 6.07) is 11.5. The van der Waals surface area contributed by atoms with Crippen molar-refractivity contribution >= 4 is 5.69 Å². The van der Waals surface area contributed by atoms with Crippen LogP contribution < -0.4 is 14.2 Å². The zero-order chi connectivity index (χ0) is 15.2. The molecular formula is C15H15NO5. The fraction of sp³-hybridized carbons (Fsp3) is 0.200. The zero-order valence-electron chi connectivity index (χ0n) is 11.7. The third-order valence-corrected chi connectivity index (χ3v) is 2.85. The molecule has 0 atom stereocenters. The normalized spacial score (nSPS) is 10.0. The molecule has 0 amide bonds. The third kappa shape index (κ3) is 3.85. The molecule has 6 heteroatoms. The summed E-state index contributed by atoms with van der Waals surface area (Å²) >= 11 is 0. The number of ether oxygens (including phenoxy) is 3. The fourth-order valence-electron chi connectivity index (χ4n) is 1.80. The van der Waals surface area contributed by atoms with Gasteiger partial charge < -0.3 is 14.2 Å². The molecule has 2 aromatic carbocycles. The second kappa shape index (κ2) is 6.60. The maximum Gasteiger partial charge on any atom is 0.273 e. The van der Waals surface area contributed by atoms with Gasteiger partial charge in [0.1, 0.15) is 23.9 Å². The van der Waals surface area contributed by atoms with Gasteiger partial charge in [0.05, 0.1) is 25.2 Å². The van der Waals surface area contributed by atoms with E-state index < -0.39 is 4.92 Å². The average molecular weight is 289 g/mol. The van der Waals surface area contributed by atoms with Crippen molar-refractivity contribution in [3.63, 3.8) is 0 Å². The number of nitrogens with zero attached hydrogens (tertiary/aromatic N) is 1. The monoisotopic (exact) mass is 289 g/mol. The first-order valence-corrected chi connectivity index (χ1v) is 6.21. The Morgan fingerprint density at radius 2 is 1.67 bits per heavy atom. The minimum Gasteiger partial charge on any atom is -0.497 e. The van der Waals surface area contributed by atoms with E-state index in [0.717, 1.165) is 5.56 Å². The van der Waals surface area contributed by atoms with Crippen molar-refractivity contribution in [1.29, 1.82) is 0 Å². The molecule has 0 radical (unpaired) electrons. The van der Waals surface area contributed by atoms with Crippen molar-refractivity contribution in [3.05, 3.63) is 58.1 Å². The molecule has 0 aliphatic rings. The largest absolute Gasteiger partial charge is 0.497 e. The first-order chi connectivity index (χ1) is 10.1. The summed E-state index contributed by atoms with van der Waals surface area (Å²) in [6.45, 7) is 0.259. The molecule has 21 heavy (non-hydrogen) atoms. The third-order valence-electron chi connectivity index (χ3n) is 2.85. The topological polar surface area (TPSA) is 70.8 Å². The van der Waals surface area contributed by atoms with Crippen LogP contribution in [-0.4, -0.2) is 19.1 Å². The maximum absolute atomic E-state index is 10.7. The van der Waals surface area contributed by atoms with E-state index in [-0.39, 0.29) is 12.3 Å². The van der Waals surface area contributed by atoms with Gasteiger partial charge in [0.15, 0.2) is 0 Å². The molecule has 0 N–H and O–H groups in total. The molecule has 6 nitrogen and oxygen atoms in total.